The lowest BCUT2D eigenvalue weighted by molar-refractivity contribution is 0.0926. The number of benzene rings is 2. The van der Waals surface area contributed by atoms with Crippen LogP contribution in [0.2, 0.25) is 5.02 Å². The van der Waals surface area contributed by atoms with Gasteiger partial charge in [-0.3, -0.25) is 19.2 Å². The second-order valence-corrected chi connectivity index (χ2v) is 33.1. The lowest BCUT2D eigenvalue weighted by Crippen LogP contribution is -2.38. The van der Waals surface area contributed by atoms with Crippen LogP contribution in [0.4, 0.5) is 42.3 Å². The number of hydrogen-bond donors (Lipinski definition) is 6. The Morgan fingerprint density at radius 1 is 0.408 bits per heavy atom. The molecule has 30 nitrogen and oxygen atoms in total. The molecule has 0 aliphatic carbocycles. The lowest BCUT2D eigenvalue weighted by atomic mass is 10.1. The van der Waals surface area contributed by atoms with E-state index in [4.69, 9.17) is 11.6 Å². The first-order valence-electron chi connectivity index (χ1n) is 40.3. The maximum atomic E-state index is 13.7. The van der Waals surface area contributed by atoms with E-state index < -0.39 is 5.82 Å². The van der Waals surface area contributed by atoms with Crippen molar-refractivity contribution in [1.82, 2.24) is 88.3 Å². The van der Waals surface area contributed by atoms with E-state index in [0.29, 0.717) is 41.5 Å². The van der Waals surface area contributed by atoms with Crippen molar-refractivity contribution < 1.29 is 38.2 Å². The molecule has 12 aromatic heterocycles. The normalized spacial score (nSPS) is 18.3. The summed E-state index contributed by atoms with van der Waals surface area (Å²) in [6, 6.07) is 24.2. The summed E-state index contributed by atoms with van der Waals surface area (Å²) in [5, 5.41) is 45.7. The molecule has 620 valence electrons. The van der Waals surface area contributed by atoms with Gasteiger partial charge < -0.3 is 78.5 Å². The van der Waals surface area contributed by atoms with Crippen LogP contribution in [0.3, 0.4) is 0 Å². The number of fused-ring (bicyclic) bond motifs is 4. The molecule has 18 heterocycles. The van der Waals surface area contributed by atoms with Gasteiger partial charge >= 0.3 is 0 Å². The standard InChI is InChI=1S/C22H20ClFN6O.C22H21FN6O.C21H26N6O2S.C20H24N6O2S/c1-14-4-8-28-11-7-25-21(20(14)28)29-9-5-15(13-29)26-22(31)19-6-10-30(27-19)16-2-3-17(23)18(24)12-16;1-15-5-9-27-12-8-24-21(20(15)27)28-10-6-17(14-28)25-22(30)19-7-11-29(26-19)18-4-2-3-16(23)13-18;1-14-2-7-25-11-6-22-19(18(14)25)27-8-3-15(12-27)23-20(29)17-13-30-21(24-17)26-9-4-16(28)5-10-26;27-15-4-9-25(10-5-15)20-23-16(13-29-20)19(28)22-14-3-8-26(12-14)18-17-2-1-7-24(17)11-6-21-18/h2-4,6-8,10-12,15H,5,9,13H2,1H3,(H,26,31);2-5,7-9,11-13,17H,6,10,14H2,1H3,(H,25,30);2,6-7,11,13,15-16,28H,3-5,8-10,12H2,1H3,(H,23,29);1-2,6-7,11,13-15,27H,3-5,8-10,12H2,(H,22,28)/t15-;17-;15-;14-/m0000/s1. The molecule has 4 atom stereocenters. The number of aliphatic hydroxyl groups is 2. The van der Waals surface area contributed by atoms with Gasteiger partial charge in [0.2, 0.25) is 0 Å². The second kappa shape index (κ2) is 35.3. The van der Waals surface area contributed by atoms with Gasteiger partial charge in [-0.2, -0.15) is 10.2 Å². The first kappa shape index (κ1) is 80.1. The number of nitrogens with one attached hydrogen (secondary N) is 4. The number of thiazole rings is 2. The number of aryl methyl sites for hydroxylation is 3. The molecule has 0 bridgehead atoms. The van der Waals surface area contributed by atoms with Gasteiger partial charge in [0, 0.05) is 206 Å². The molecule has 0 radical (unpaired) electrons. The van der Waals surface area contributed by atoms with Crippen molar-refractivity contribution >= 4 is 114 Å². The number of halogens is 3. The maximum absolute atomic E-state index is 13.7. The average Bonchev–Trinajstić information content (AvgIpc) is 1.63. The van der Waals surface area contributed by atoms with E-state index in [2.05, 4.69) is 153 Å². The van der Waals surface area contributed by atoms with Gasteiger partial charge in [0.15, 0.2) is 44.9 Å². The molecule has 6 aliphatic rings. The van der Waals surface area contributed by atoms with Gasteiger partial charge in [0.25, 0.3) is 23.6 Å². The Morgan fingerprint density at radius 3 is 1.21 bits per heavy atom. The highest BCUT2D eigenvalue weighted by molar-refractivity contribution is 7.14. The summed E-state index contributed by atoms with van der Waals surface area (Å²) in [7, 11) is 0. The van der Waals surface area contributed by atoms with Crippen LogP contribution < -0.4 is 50.7 Å². The van der Waals surface area contributed by atoms with Crippen molar-refractivity contribution in [3.63, 3.8) is 0 Å². The molecule has 35 heteroatoms. The van der Waals surface area contributed by atoms with Gasteiger partial charge in [-0.05, 0) is 162 Å². The van der Waals surface area contributed by atoms with Crippen LogP contribution in [0.1, 0.15) is 110 Å². The quantitative estimate of drug-likeness (QED) is 0.0524. The molecule has 6 fully saturated rings. The molecule has 2 aromatic carbocycles. The summed E-state index contributed by atoms with van der Waals surface area (Å²) in [6.07, 6.45) is 32.4. The molecule has 0 unspecified atom stereocenters. The largest absolute Gasteiger partial charge is 0.393 e. The minimum absolute atomic E-state index is 0.00847. The molecule has 14 aromatic rings. The number of piperidine rings is 2. The van der Waals surface area contributed by atoms with Crippen molar-refractivity contribution in [2.75, 3.05) is 108 Å². The fourth-order valence-electron chi connectivity index (χ4n) is 16.4. The smallest absolute Gasteiger partial charge is 0.272 e. The summed E-state index contributed by atoms with van der Waals surface area (Å²) in [6.45, 7) is 15.6. The number of anilines is 6. The van der Waals surface area contributed by atoms with E-state index >= 15 is 0 Å². The number of rotatable bonds is 16. The van der Waals surface area contributed by atoms with Gasteiger partial charge in [0.1, 0.15) is 23.0 Å². The minimum atomic E-state index is -0.534. The average molecular weight is 1680 g/mol. The van der Waals surface area contributed by atoms with E-state index in [1.165, 1.54) is 73.0 Å². The highest BCUT2D eigenvalue weighted by Crippen LogP contribution is 2.33. The van der Waals surface area contributed by atoms with Crippen molar-refractivity contribution in [3.8, 4) is 11.4 Å². The number of carbonyl (C=O) groups excluding carboxylic acids is 4. The Bertz CT molecular complexity index is 6020. The Labute approximate surface area is 702 Å². The first-order valence-corrected chi connectivity index (χ1v) is 42.5. The summed E-state index contributed by atoms with van der Waals surface area (Å²) in [4.78, 5) is 91.4. The zero-order chi connectivity index (χ0) is 82.7. The van der Waals surface area contributed by atoms with Gasteiger partial charge in [-0.25, -0.2) is 48.0 Å². The Balaban J connectivity index is 0.000000114. The molecule has 120 heavy (non-hydrogen) atoms. The van der Waals surface area contributed by atoms with Crippen molar-refractivity contribution in [3.05, 3.63) is 239 Å². The van der Waals surface area contributed by atoms with Crippen molar-refractivity contribution in [2.24, 2.45) is 0 Å². The lowest BCUT2D eigenvalue weighted by Gasteiger charge is -2.29. The summed E-state index contributed by atoms with van der Waals surface area (Å²) < 4.78 is 38.4. The molecule has 20 rings (SSSR count). The first-order chi connectivity index (χ1) is 58.3. The van der Waals surface area contributed by atoms with Crippen LogP contribution in [-0.4, -0.2) is 216 Å². The van der Waals surface area contributed by atoms with E-state index in [9.17, 15) is 38.2 Å². The zero-order valence-corrected chi connectivity index (χ0v) is 68.7. The Hall–Kier alpha value is -12.4. The molecule has 0 spiro atoms. The third-order valence-electron chi connectivity index (χ3n) is 22.8. The number of carbonyl (C=O) groups is 4. The fraction of sp³-hybridized carbons (Fsp3) is 0.341. The predicted molar refractivity (Wildman–Crippen MR) is 459 cm³/mol. The maximum Gasteiger partial charge on any atom is 0.272 e. The monoisotopic (exact) mass is 1680 g/mol. The molecule has 6 N–H and O–H groups in total. The van der Waals surface area contributed by atoms with E-state index in [1.54, 1.807) is 55.1 Å². The molecule has 4 amide bonds. The third-order valence-corrected chi connectivity index (χ3v) is 24.9. The van der Waals surface area contributed by atoms with Crippen LogP contribution in [0, 0.1) is 32.4 Å². The number of aromatic nitrogens is 14. The van der Waals surface area contributed by atoms with Gasteiger partial charge in [0.05, 0.1) is 50.7 Å². The number of aliphatic hydroxyl groups excluding tert-OH is 2. The molecule has 6 aliphatic heterocycles. The molecule has 6 saturated heterocycles. The third kappa shape index (κ3) is 17.7. The zero-order valence-electron chi connectivity index (χ0n) is 66.3. The molecular weight excluding hydrogens is 1590 g/mol. The van der Waals surface area contributed by atoms with Crippen molar-refractivity contribution in [2.45, 2.75) is 109 Å². The van der Waals surface area contributed by atoms with Crippen LogP contribution in [-0.2, 0) is 0 Å². The van der Waals surface area contributed by atoms with Gasteiger partial charge in [-0.1, -0.05) is 17.7 Å². The summed E-state index contributed by atoms with van der Waals surface area (Å²) in [5.41, 5.74) is 10.5. The summed E-state index contributed by atoms with van der Waals surface area (Å²) in [5.74, 6) is 2.18. The van der Waals surface area contributed by atoms with Gasteiger partial charge in [-0.15, -0.1) is 22.7 Å². The SMILES string of the molecule is Cc1ccn2ccnc(N3CC[C@H](NC(=O)c4ccn(-c5ccc(Cl)c(F)c5)n4)C3)c12.Cc1ccn2ccnc(N3CC[C@H](NC(=O)c4ccn(-c5cccc(F)c5)n4)C3)c12.Cc1ccn2ccnc(N3CC[C@H](NC(=O)c4csc(N5CCC(O)CC5)n4)C3)c12.O=C(N[C@H]1CCN(c2nccn3cccc23)C1)c1csc(N2CCC(O)CC2)n1. The fourth-order valence-corrected chi connectivity index (χ4v) is 18.2. The van der Waals surface area contributed by atoms with E-state index in [0.717, 1.165) is 172 Å². The molecular formula is C85H91ClF2N24O6S2. The number of nitrogens with zero attached hydrogens (tertiary/aromatic N) is 20. The second-order valence-electron chi connectivity index (χ2n) is 31.0. The van der Waals surface area contributed by atoms with E-state index in [-0.39, 0.29) is 76.5 Å². The van der Waals surface area contributed by atoms with Crippen molar-refractivity contribution in [1.29, 1.82) is 0 Å². The van der Waals surface area contributed by atoms with Crippen LogP contribution >= 0.6 is 34.3 Å². The number of hydrogen-bond acceptors (Lipinski definition) is 22. The molecule has 0 saturated carbocycles. The van der Waals surface area contributed by atoms with Crippen LogP contribution in [0.25, 0.3) is 33.4 Å². The topological polar surface area (TPSA) is 307 Å². The number of amides is 4. The van der Waals surface area contributed by atoms with Crippen LogP contribution in [0.15, 0.2) is 182 Å². The Kier molecular flexibility index (Phi) is 23.5. The minimum Gasteiger partial charge on any atom is -0.393 e. The predicted octanol–water partition coefficient (Wildman–Crippen LogP) is 10.4. The highest BCUT2D eigenvalue weighted by Gasteiger charge is 2.34. The summed E-state index contributed by atoms with van der Waals surface area (Å²) >= 11 is 8.72. The van der Waals surface area contributed by atoms with Crippen LogP contribution in [0.5, 0.6) is 0 Å². The Morgan fingerprint density at radius 2 is 0.792 bits per heavy atom. The van der Waals surface area contributed by atoms with E-state index in [1.807, 2.05) is 78.8 Å². The highest BCUT2D eigenvalue weighted by atomic mass is 35.5.